The minimum Gasteiger partial charge on any atom is -0.470 e. The summed E-state index contributed by atoms with van der Waals surface area (Å²) in [6.07, 6.45) is 0.651. The summed E-state index contributed by atoms with van der Waals surface area (Å²) in [4.78, 5) is 6.59. The van der Waals surface area contributed by atoms with Crippen molar-refractivity contribution in [3.63, 3.8) is 0 Å². The molecular formula is C15H25N3O2. The summed E-state index contributed by atoms with van der Waals surface area (Å²) in [7, 11) is 0. The first-order valence-corrected chi connectivity index (χ1v) is 7.15. The number of hydrogen-bond donors (Lipinski definition) is 2. The number of hydrogen-bond acceptors (Lipinski definition) is 5. The minimum atomic E-state index is -0.338. The molecule has 2 heterocycles. The van der Waals surface area contributed by atoms with Crippen molar-refractivity contribution in [2.75, 3.05) is 23.7 Å². The second-order valence-corrected chi connectivity index (χ2v) is 6.56. The maximum absolute atomic E-state index is 9.99. The van der Waals surface area contributed by atoms with Crippen molar-refractivity contribution in [3.05, 3.63) is 12.1 Å². The van der Waals surface area contributed by atoms with Crippen LogP contribution >= 0.6 is 0 Å². The molecule has 1 saturated heterocycles. The van der Waals surface area contributed by atoms with Crippen LogP contribution < -0.4 is 15.4 Å². The first-order valence-electron chi connectivity index (χ1n) is 7.15. The number of piperidine rings is 1. The van der Waals surface area contributed by atoms with Gasteiger partial charge < -0.3 is 20.5 Å². The van der Waals surface area contributed by atoms with Crippen LogP contribution in [0.25, 0.3) is 0 Å². The Hall–Kier alpha value is -1.49. The summed E-state index contributed by atoms with van der Waals surface area (Å²) >= 11 is 0. The van der Waals surface area contributed by atoms with E-state index in [4.69, 9.17) is 10.5 Å². The minimum absolute atomic E-state index is 0.310. The van der Waals surface area contributed by atoms with Crippen LogP contribution in [0.1, 0.15) is 34.1 Å². The Morgan fingerprint density at radius 2 is 2.10 bits per heavy atom. The van der Waals surface area contributed by atoms with Crippen LogP contribution in [-0.2, 0) is 0 Å². The number of nitrogens with zero attached hydrogens (tertiary/aromatic N) is 2. The molecule has 2 unspecified atom stereocenters. The lowest BCUT2D eigenvalue weighted by molar-refractivity contribution is 0.102. The molecule has 1 aliphatic rings. The summed E-state index contributed by atoms with van der Waals surface area (Å²) in [5.41, 5.74) is 6.12. The third-order valence-electron chi connectivity index (χ3n) is 3.52. The van der Waals surface area contributed by atoms with Crippen LogP contribution in [0.2, 0.25) is 0 Å². The van der Waals surface area contributed by atoms with Gasteiger partial charge in [-0.2, -0.15) is 4.98 Å². The standard InChI is InChI=1S/C15H25N3O2/c1-10-7-8-18(9-12(10)19)13-6-5-11(16)14(17-13)20-15(2,3)4/h5-6,10,12,19H,7-9,16H2,1-4H3. The number of ether oxygens (including phenoxy) is 1. The number of pyridine rings is 1. The van der Waals surface area contributed by atoms with Gasteiger partial charge in [-0.25, -0.2) is 0 Å². The molecule has 20 heavy (non-hydrogen) atoms. The molecule has 2 atom stereocenters. The number of β-amino-alcohol motifs (C(OH)–C–C–N with tert-alkyl or cyclic N) is 1. The van der Waals surface area contributed by atoms with Gasteiger partial charge in [-0.1, -0.05) is 6.92 Å². The molecule has 0 saturated carbocycles. The maximum Gasteiger partial charge on any atom is 0.239 e. The van der Waals surface area contributed by atoms with E-state index in [0.29, 0.717) is 24.0 Å². The van der Waals surface area contributed by atoms with Crippen LogP contribution in [0.3, 0.4) is 0 Å². The van der Waals surface area contributed by atoms with Crippen molar-refractivity contribution in [1.29, 1.82) is 0 Å². The van der Waals surface area contributed by atoms with Crippen LogP contribution in [-0.4, -0.2) is 34.9 Å². The Morgan fingerprint density at radius 1 is 1.40 bits per heavy atom. The number of aliphatic hydroxyl groups is 1. The van der Waals surface area contributed by atoms with Gasteiger partial charge in [0.05, 0.1) is 11.8 Å². The highest BCUT2D eigenvalue weighted by Gasteiger charge is 2.26. The Kier molecular flexibility index (Phi) is 4.09. The van der Waals surface area contributed by atoms with Crippen LogP contribution in [0, 0.1) is 5.92 Å². The number of nitrogens with two attached hydrogens (primary N) is 1. The fraction of sp³-hybridized carbons (Fsp3) is 0.667. The number of aromatic nitrogens is 1. The molecule has 5 heteroatoms. The van der Waals surface area contributed by atoms with Gasteiger partial charge in [-0.3, -0.25) is 0 Å². The van der Waals surface area contributed by atoms with Gasteiger partial charge in [-0.15, -0.1) is 0 Å². The van der Waals surface area contributed by atoms with E-state index < -0.39 is 0 Å². The van der Waals surface area contributed by atoms with Crippen molar-refractivity contribution in [3.8, 4) is 5.88 Å². The Morgan fingerprint density at radius 3 is 2.70 bits per heavy atom. The Labute approximate surface area is 120 Å². The monoisotopic (exact) mass is 279 g/mol. The summed E-state index contributed by atoms with van der Waals surface area (Å²) in [6, 6.07) is 3.70. The molecule has 0 amide bonds. The Bertz CT molecular complexity index is 471. The quantitative estimate of drug-likeness (QED) is 0.867. The molecule has 0 radical (unpaired) electrons. The fourth-order valence-corrected chi connectivity index (χ4v) is 2.25. The number of nitrogen functional groups attached to an aromatic ring is 1. The number of anilines is 2. The van der Waals surface area contributed by atoms with Gasteiger partial charge in [0.2, 0.25) is 5.88 Å². The molecule has 0 aromatic carbocycles. The van der Waals surface area contributed by atoms with E-state index in [1.165, 1.54) is 0 Å². The van der Waals surface area contributed by atoms with E-state index in [2.05, 4.69) is 16.8 Å². The van der Waals surface area contributed by atoms with E-state index in [-0.39, 0.29) is 11.7 Å². The average Bonchev–Trinajstić information content (AvgIpc) is 2.34. The first-order chi connectivity index (χ1) is 9.26. The second kappa shape index (κ2) is 5.48. The van der Waals surface area contributed by atoms with Gasteiger partial charge in [0.15, 0.2) is 0 Å². The molecular weight excluding hydrogens is 254 g/mol. The first kappa shape index (κ1) is 14.9. The zero-order valence-corrected chi connectivity index (χ0v) is 12.8. The maximum atomic E-state index is 9.99. The predicted octanol–water partition coefficient (Wildman–Crippen LogP) is 2.05. The van der Waals surface area contributed by atoms with E-state index in [1.54, 1.807) is 0 Å². The molecule has 0 aliphatic carbocycles. The summed E-state index contributed by atoms with van der Waals surface area (Å²) in [5.74, 6) is 1.61. The number of aliphatic hydroxyl groups excluding tert-OH is 1. The third kappa shape index (κ3) is 3.54. The molecule has 5 nitrogen and oxygen atoms in total. The van der Waals surface area contributed by atoms with Crippen molar-refractivity contribution in [2.24, 2.45) is 5.92 Å². The van der Waals surface area contributed by atoms with Gasteiger partial charge in [0.1, 0.15) is 11.4 Å². The van der Waals surface area contributed by atoms with Gasteiger partial charge in [0.25, 0.3) is 0 Å². The summed E-state index contributed by atoms with van der Waals surface area (Å²) < 4.78 is 5.79. The highest BCUT2D eigenvalue weighted by atomic mass is 16.5. The van der Waals surface area contributed by atoms with Crippen molar-refractivity contribution < 1.29 is 9.84 Å². The lowest BCUT2D eigenvalue weighted by Gasteiger charge is -2.35. The van der Waals surface area contributed by atoms with Gasteiger partial charge in [-0.05, 0) is 45.2 Å². The molecule has 0 bridgehead atoms. The highest BCUT2D eigenvalue weighted by molar-refractivity contribution is 5.55. The van der Waals surface area contributed by atoms with Crippen LogP contribution in [0.5, 0.6) is 5.88 Å². The lowest BCUT2D eigenvalue weighted by atomic mass is 9.96. The smallest absolute Gasteiger partial charge is 0.239 e. The largest absolute Gasteiger partial charge is 0.470 e. The molecule has 0 spiro atoms. The highest BCUT2D eigenvalue weighted by Crippen LogP contribution is 2.28. The molecule has 1 aromatic heterocycles. The van der Waals surface area contributed by atoms with E-state index in [0.717, 1.165) is 18.8 Å². The van der Waals surface area contributed by atoms with E-state index in [9.17, 15) is 5.11 Å². The van der Waals surface area contributed by atoms with Crippen molar-refractivity contribution in [1.82, 2.24) is 4.98 Å². The predicted molar refractivity (Wildman–Crippen MR) is 81.0 cm³/mol. The second-order valence-electron chi connectivity index (χ2n) is 6.56. The molecule has 1 aliphatic heterocycles. The summed E-state index contributed by atoms with van der Waals surface area (Å²) in [6.45, 7) is 9.47. The van der Waals surface area contributed by atoms with Crippen LogP contribution in [0.15, 0.2) is 12.1 Å². The van der Waals surface area contributed by atoms with Crippen molar-refractivity contribution in [2.45, 2.75) is 45.8 Å². The van der Waals surface area contributed by atoms with Crippen molar-refractivity contribution >= 4 is 11.5 Å². The molecule has 1 aromatic rings. The molecule has 3 N–H and O–H groups in total. The molecule has 112 valence electrons. The molecule has 2 rings (SSSR count). The Balaban J connectivity index is 2.19. The zero-order valence-electron chi connectivity index (χ0n) is 12.8. The van der Waals surface area contributed by atoms with Gasteiger partial charge >= 0.3 is 0 Å². The van der Waals surface area contributed by atoms with Crippen LogP contribution in [0.4, 0.5) is 11.5 Å². The number of rotatable bonds is 2. The normalized spacial score (nSPS) is 23.8. The summed E-state index contributed by atoms with van der Waals surface area (Å²) in [5, 5.41) is 9.99. The third-order valence-corrected chi connectivity index (χ3v) is 3.52. The fourth-order valence-electron chi connectivity index (χ4n) is 2.25. The van der Waals surface area contributed by atoms with E-state index in [1.807, 2.05) is 32.9 Å². The average molecular weight is 279 g/mol. The SMILES string of the molecule is CC1CCN(c2ccc(N)c(OC(C)(C)C)n2)CC1O. The lowest BCUT2D eigenvalue weighted by Crippen LogP contribution is -2.43. The molecule has 1 fully saturated rings. The van der Waals surface area contributed by atoms with Gasteiger partial charge in [0, 0.05) is 13.1 Å². The zero-order chi connectivity index (χ0) is 14.9. The van der Waals surface area contributed by atoms with E-state index >= 15 is 0 Å². The topological polar surface area (TPSA) is 71.6 Å².